The highest BCUT2D eigenvalue weighted by Crippen LogP contribution is 2.14. The van der Waals surface area contributed by atoms with E-state index in [0.717, 1.165) is 12.3 Å². The summed E-state index contributed by atoms with van der Waals surface area (Å²) in [6.07, 6.45) is 0. The van der Waals surface area contributed by atoms with Gasteiger partial charge in [0, 0.05) is 5.02 Å². The number of hydrogen-bond donors (Lipinski definition) is 2. The quantitative estimate of drug-likeness (QED) is 0.715. The summed E-state index contributed by atoms with van der Waals surface area (Å²) in [6.45, 7) is 2.00. The van der Waals surface area contributed by atoms with Crippen LogP contribution in [-0.2, 0) is 6.54 Å². The maximum Gasteiger partial charge on any atom is 0.258 e. The summed E-state index contributed by atoms with van der Waals surface area (Å²) in [7, 11) is 2.04. The normalized spacial score (nSPS) is 12.2. The molecule has 0 spiro atoms. The molecular weight excluding hydrogens is 326 g/mol. The summed E-state index contributed by atoms with van der Waals surface area (Å²) in [4.78, 5) is 20.6. The van der Waals surface area contributed by atoms with Crippen LogP contribution in [0.4, 0.5) is 0 Å². The van der Waals surface area contributed by atoms with E-state index in [1.807, 2.05) is 37.4 Å². The molecule has 0 radical (unpaired) electrons. The maximum absolute atomic E-state index is 12.1. The lowest BCUT2D eigenvalue weighted by Crippen LogP contribution is -3.08. The highest BCUT2D eigenvalue weighted by molar-refractivity contribution is 6.31. The Morgan fingerprint density at radius 1 is 1.21 bits per heavy atom. The van der Waals surface area contributed by atoms with Gasteiger partial charge in [-0.15, -0.1) is 0 Å². The first-order valence-corrected chi connectivity index (χ1v) is 8.17. The van der Waals surface area contributed by atoms with Gasteiger partial charge in [0.1, 0.15) is 25.4 Å². The molecule has 0 aliphatic rings. The summed E-state index contributed by atoms with van der Waals surface area (Å²) < 4.78 is 5.69. The zero-order valence-electron chi connectivity index (χ0n) is 13.4. The number of para-hydroxylation sites is 1. The number of nitrogens with one attached hydrogen (secondary N) is 2. The average molecular weight is 345 g/mol. The van der Waals surface area contributed by atoms with Crippen molar-refractivity contribution in [2.45, 2.75) is 6.54 Å². The lowest BCUT2D eigenvalue weighted by molar-refractivity contribution is -0.894. The van der Waals surface area contributed by atoms with Gasteiger partial charge in [-0.05, 0) is 30.3 Å². The van der Waals surface area contributed by atoms with Gasteiger partial charge in [-0.25, -0.2) is 4.98 Å². The molecule has 3 aromatic rings. The number of halogens is 1. The lowest BCUT2D eigenvalue weighted by Gasteiger charge is -2.14. The molecule has 3 rings (SSSR count). The van der Waals surface area contributed by atoms with E-state index in [-0.39, 0.29) is 5.56 Å². The highest BCUT2D eigenvalue weighted by Gasteiger charge is 2.09. The minimum Gasteiger partial charge on any atom is -0.488 e. The second-order valence-corrected chi connectivity index (χ2v) is 6.16. The van der Waals surface area contributed by atoms with Gasteiger partial charge in [0.25, 0.3) is 5.56 Å². The molecule has 0 aliphatic heterocycles. The van der Waals surface area contributed by atoms with E-state index in [1.54, 1.807) is 18.2 Å². The fourth-order valence-electron chi connectivity index (χ4n) is 2.48. The van der Waals surface area contributed by atoms with Gasteiger partial charge in [0.05, 0.1) is 18.0 Å². The van der Waals surface area contributed by atoms with E-state index in [0.29, 0.717) is 34.9 Å². The standard InChI is InChI=1S/C18H18ClN3O2/c1-22(9-10-24-14-5-3-2-4-6-14)12-17-20-16-11-13(19)7-8-15(16)18(23)21-17/h2-8,11H,9-10,12H2,1H3,(H,20,21,23)/p+1. The van der Waals surface area contributed by atoms with Crippen LogP contribution in [0.2, 0.25) is 5.02 Å². The van der Waals surface area contributed by atoms with Crippen molar-refractivity contribution in [2.75, 3.05) is 20.2 Å². The molecule has 0 aliphatic carbocycles. The molecule has 124 valence electrons. The van der Waals surface area contributed by atoms with Gasteiger partial charge < -0.3 is 14.6 Å². The van der Waals surface area contributed by atoms with Crippen LogP contribution in [-0.4, -0.2) is 30.2 Å². The number of H-pyrrole nitrogens is 1. The van der Waals surface area contributed by atoms with Crippen LogP contribution in [0.25, 0.3) is 10.9 Å². The van der Waals surface area contributed by atoms with E-state index < -0.39 is 0 Å². The van der Waals surface area contributed by atoms with Crippen molar-refractivity contribution < 1.29 is 9.64 Å². The number of rotatable bonds is 6. The Labute approximate surface area is 144 Å². The third-order valence-corrected chi connectivity index (χ3v) is 3.96. The molecule has 1 unspecified atom stereocenters. The smallest absolute Gasteiger partial charge is 0.258 e. The van der Waals surface area contributed by atoms with Crippen LogP contribution < -0.4 is 15.2 Å². The monoisotopic (exact) mass is 344 g/mol. The Hall–Kier alpha value is -2.37. The summed E-state index contributed by atoms with van der Waals surface area (Å²) in [5, 5.41) is 1.12. The van der Waals surface area contributed by atoms with Crippen molar-refractivity contribution in [3.05, 3.63) is 69.7 Å². The van der Waals surface area contributed by atoms with Crippen molar-refractivity contribution >= 4 is 22.5 Å². The zero-order chi connectivity index (χ0) is 16.9. The van der Waals surface area contributed by atoms with Crippen molar-refractivity contribution in [2.24, 2.45) is 0 Å². The van der Waals surface area contributed by atoms with Gasteiger partial charge in [-0.2, -0.15) is 0 Å². The summed E-state index contributed by atoms with van der Waals surface area (Å²) in [5.41, 5.74) is 0.481. The van der Waals surface area contributed by atoms with Crippen molar-refractivity contribution in [3.63, 3.8) is 0 Å². The molecule has 2 aromatic carbocycles. The SMILES string of the molecule is C[NH+](CCOc1ccccc1)Cc1nc2cc(Cl)ccc2c(=O)[nH]1. The molecule has 6 heteroatoms. The molecule has 2 N–H and O–H groups in total. The van der Waals surface area contributed by atoms with Crippen LogP contribution >= 0.6 is 11.6 Å². The predicted octanol–water partition coefficient (Wildman–Crippen LogP) is 1.67. The van der Waals surface area contributed by atoms with E-state index in [4.69, 9.17) is 16.3 Å². The molecule has 0 bridgehead atoms. The van der Waals surface area contributed by atoms with Gasteiger partial charge in [-0.1, -0.05) is 29.8 Å². The van der Waals surface area contributed by atoms with Gasteiger partial charge in [-0.3, -0.25) is 4.79 Å². The minimum atomic E-state index is -0.139. The first kappa shape index (κ1) is 16.5. The molecule has 0 fully saturated rings. The average Bonchev–Trinajstić information content (AvgIpc) is 2.55. The lowest BCUT2D eigenvalue weighted by atomic mass is 10.2. The predicted molar refractivity (Wildman–Crippen MR) is 94.8 cm³/mol. The van der Waals surface area contributed by atoms with Gasteiger partial charge in [0.15, 0.2) is 5.82 Å². The number of likely N-dealkylation sites (N-methyl/N-ethyl adjacent to an activating group) is 1. The Morgan fingerprint density at radius 2 is 2.00 bits per heavy atom. The van der Waals surface area contributed by atoms with E-state index in [1.165, 1.54) is 4.90 Å². The van der Waals surface area contributed by atoms with E-state index in [2.05, 4.69) is 9.97 Å². The van der Waals surface area contributed by atoms with Crippen molar-refractivity contribution in [3.8, 4) is 5.75 Å². The fraction of sp³-hybridized carbons (Fsp3) is 0.222. The summed E-state index contributed by atoms with van der Waals surface area (Å²) in [6, 6.07) is 14.8. The van der Waals surface area contributed by atoms with Crippen LogP contribution in [0.5, 0.6) is 5.75 Å². The van der Waals surface area contributed by atoms with Crippen molar-refractivity contribution in [1.29, 1.82) is 0 Å². The molecule has 0 saturated carbocycles. The molecule has 0 amide bonds. The highest BCUT2D eigenvalue weighted by atomic mass is 35.5. The molecule has 24 heavy (non-hydrogen) atoms. The summed E-state index contributed by atoms with van der Waals surface area (Å²) in [5.74, 6) is 1.50. The molecule has 1 atom stereocenters. The van der Waals surface area contributed by atoms with Gasteiger partial charge in [0.2, 0.25) is 0 Å². The molecule has 1 aromatic heterocycles. The van der Waals surface area contributed by atoms with E-state index in [9.17, 15) is 4.79 Å². The maximum atomic E-state index is 12.1. The summed E-state index contributed by atoms with van der Waals surface area (Å²) >= 11 is 5.98. The Kier molecular flexibility index (Phi) is 5.13. The largest absolute Gasteiger partial charge is 0.488 e. The van der Waals surface area contributed by atoms with Crippen LogP contribution in [0.15, 0.2) is 53.3 Å². The van der Waals surface area contributed by atoms with Crippen LogP contribution in [0.3, 0.4) is 0 Å². The number of ether oxygens (including phenoxy) is 1. The molecule has 1 heterocycles. The minimum absolute atomic E-state index is 0.139. The second kappa shape index (κ2) is 7.47. The number of hydrogen-bond acceptors (Lipinski definition) is 3. The first-order valence-electron chi connectivity index (χ1n) is 7.79. The second-order valence-electron chi connectivity index (χ2n) is 5.72. The van der Waals surface area contributed by atoms with Gasteiger partial charge >= 0.3 is 0 Å². The third-order valence-electron chi connectivity index (χ3n) is 3.73. The number of quaternary nitrogens is 1. The van der Waals surface area contributed by atoms with E-state index >= 15 is 0 Å². The number of benzene rings is 2. The van der Waals surface area contributed by atoms with Crippen molar-refractivity contribution in [1.82, 2.24) is 9.97 Å². The van der Waals surface area contributed by atoms with Crippen LogP contribution in [0.1, 0.15) is 5.82 Å². The number of fused-ring (bicyclic) bond motifs is 1. The fourth-order valence-corrected chi connectivity index (χ4v) is 2.65. The first-order chi connectivity index (χ1) is 11.6. The van der Waals surface area contributed by atoms with Crippen LogP contribution in [0, 0.1) is 0 Å². The Morgan fingerprint density at radius 3 is 2.79 bits per heavy atom. The number of aromatic amines is 1. The number of nitrogens with zero attached hydrogens (tertiary/aromatic N) is 1. The third kappa shape index (κ3) is 4.13. The zero-order valence-corrected chi connectivity index (χ0v) is 14.1. The Bertz CT molecular complexity index is 880. The molecule has 5 nitrogen and oxygen atoms in total. The molecule has 0 saturated heterocycles. The Balaban J connectivity index is 1.62. The number of aromatic nitrogens is 2. The molecular formula is C18H19ClN3O2+. The topological polar surface area (TPSA) is 59.4 Å².